The topological polar surface area (TPSA) is 71.4 Å². The van der Waals surface area contributed by atoms with E-state index in [0.29, 0.717) is 12.8 Å². The van der Waals surface area contributed by atoms with E-state index in [1.165, 1.54) is 0 Å². The summed E-state index contributed by atoms with van der Waals surface area (Å²) in [6.07, 6.45) is 1.28. The molecule has 0 amide bonds. The Kier molecular flexibility index (Phi) is 4.75. The molecule has 0 radical (unpaired) electrons. The number of carbonyl (C=O) groups is 1. The van der Waals surface area contributed by atoms with Crippen molar-refractivity contribution in [2.45, 2.75) is 29.1 Å². The summed E-state index contributed by atoms with van der Waals surface area (Å²) in [7, 11) is -3.48. The van der Waals surface area contributed by atoms with Crippen LogP contribution in [0.3, 0.4) is 0 Å². The molecule has 0 aliphatic heterocycles. The monoisotopic (exact) mass is 304 g/mol. The lowest BCUT2D eigenvalue weighted by Crippen LogP contribution is -2.02. The van der Waals surface area contributed by atoms with Crippen LogP contribution in [0.5, 0.6) is 0 Å². The predicted molar refractivity (Wildman–Crippen MR) is 78.9 cm³/mol. The fourth-order valence-corrected chi connectivity index (χ4v) is 3.30. The van der Waals surface area contributed by atoms with Crippen molar-refractivity contribution < 1.29 is 18.3 Å². The Morgan fingerprint density at radius 3 is 2.05 bits per heavy atom. The van der Waals surface area contributed by atoms with E-state index in [9.17, 15) is 13.2 Å². The van der Waals surface area contributed by atoms with Gasteiger partial charge in [0.25, 0.3) is 0 Å². The van der Waals surface area contributed by atoms with E-state index in [-0.39, 0.29) is 16.2 Å². The first-order valence-corrected chi connectivity index (χ1v) is 8.09. The highest BCUT2D eigenvalue weighted by Gasteiger charge is 2.16. The van der Waals surface area contributed by atoms with Gasteiger partial charge in [0.2, 0.25) is 9.84 Å². The van der Waals surface area contributed by atoms with Crippen molar-refractivity contribution in [1.82, 2.24) is 0 Å². The lowest BCUT2D eigenvalue weighted by Gasteiger charge is -2.06. The smallest absolute Gasteiger partial charge is 0.303 e. The largest absolute Gasteiger partial charge is 0.481 e. The zero-order valence-electron chi connectivity index (χ0n) is 11.4. The Morgan fingerprint density at radius 1 is 0.905 bits per heavy atom. The fourth-order valence-electron chi connectivity index (χ4n) is 2.01. The summed E-state index contributed by atoms with van der Waals surface area (Å²) in [5.41, 5.74) is 0.934. The molecule has 2 rings (SSSR count). The molecule has 0 unspecified atom stereocenters. The van der Waals surface area contributed by atoms with Crippen LogP contribution in [0.4, 0.5) is 0 Å². The Morgan fingerprint density at radius 2 is 1.48 bits per heavy atom. The molecule has 5 heteroatoms. The van der Waals surface area contributed by atoms with Crippen LogP contribution in [0, 0.1) is 0 Å². The number of aryl methyl sites for hydroxylation is 1. The molecule has 0 heterocycles. The van der Waals surface area contributed by atoms with Crippen molar-refractivity contribution in [2.24, 2.45) is 0 Å². The molecular weight excluding hydrogens is 288 g/mol. The maximum absolute atomic E-state index is 12.4. The molecule has 1 N–H and O–H groups in total. The molecule has 0 fully saturated rings. The summed E-state index contributed by atoms with van der Waals surface area (Å²) in [6, 6.07) is 14.9. The first-order valence-electron chi connectivity index (χ1n) is 6.61. The van der Waals surface area contributed by atoms with Crippen LogP contribution in [-0.4, -0.2) is 19.5 Å². The van der Waals surface area contributed by atoms with Crippen molar-refractivity contribution in [2.75, 3.05) is 0 Å². The molecule has 0 aliphatic rings. The quantitative estimate of drug-likeness (QED) is 0.890. The van der Waals surface area contributed by atoms with Gasteiger partial charge in [-0.3, -0.25) is 4.79 Å². The van der Waals surface area contributed by atoms with Crippen LogP contribution < -0.4 is 0 Å². The number of aliphatic carboxylic acids is 1. The van der Waals surface area contributed by atoms with Gasteiger partial charge in [0.1, 0.15) is 0 Å². The average molecular weight is 304 g/mol. The molecule has 0 saturated carbocycles. The van der Waals surface area contributed by atoms with Crippen LogP contribution in [0.15, 0.2) is 64.4 Å². The minimum atomic E-state index is -3.48. The summed E-state index contributed by atoms with van der Waals surface area (Å²) in [5, 5.41) is 8.59. The molecule has 0 bridgehead atoms. The van der Waals surface area contributed by atoms with Crippen LogP contribution in [0.1, 0.15) is 18.4 Å². The number of hydrogen-bond donors (Lipinski definition) is 1. The van der Waals surface area contributed by atoms with Crippen LogP contribution >= 0.6 is 0 Å². The van der Waals surface area contributed by atoms with E-state index in [1.807, 2.05) is 0 Å². The van der Waals surface area contributed by atoms with Gasteiger partial charge in [-0.15, -0.1) is 0 Å². The van der Waals surface area contributed by atoms with Crippen molar-refractivity contribution in [1.29, 1.82) is 0 Å². The first kappa shape index (κ1) is 15.3. The highest BCUT2D eigenvalue weighted by atomic mass is 32.2. The predicted octanol–water partition coefficient (Wildman–Crippen LogP) is 2.93. The third-order valence-electron chi connectivity index (χ3n) is 3.14. The summed E-state index contributed by atoms with van der Waals surface area (Å²) in [5.74, 6) is -0.821. The van der Waals surface area contributed by atoms with Crippen molar-refractivity contribution >= 4 is 15.8 Å². The van der Waals surface area contributed by atoms with E-state index in [1.54, 1.807) is 54.6 Å². The molecule has 110 valence electrons. The molecule has 0 aliphatic carbocycles. The Labute approximate surface area is 124 Å². The zero-order chi connectivity index (χ0) is 15.3. The molecule has 21 heavy (non-hydrogen) atoms. The standard InChI is InChI=1S/C16H16O4S/c17-16(18)8-4-5-13-9-11-15(12-10-13)21(19,20)14-6-2-1-3-7-14/h1-3,6-7,9-12H,4-5,8H2,(H,17,18). The average Bonchev–Trinajstić information content (AvgIpc) is 2.48. The van der Waals surface area contributed by atoms with Crippen molar-refractivity contribution in [3.63, 3.8) is 0 Å². The van der Waals surface area contributed by atoms with Crippen LogP contribution in [0.2, 0.25) is 0 Å². The normalized spacial score (nSPS) is 11.2. The van der Waals surface area contributed by atoms with Gasteiger partial charge in [-0.2, -0.15) is 0 Å². The number of carboxylic acids is 1. The first-order chi connectivity index (χ1) is 10.00. The molecule has 4 nitrogen and oxygen atoms in total. The van der Waals surface area contributed by atoms with Gasteiger partial charge in [-0.1, -0.05) is 30.3 Å². The highest BCUT2D eigenvalue weighted by Crippen LogP contribution is 2.21. The summed E-state index contributed by atoms with van der Waals surface area (Å²) >= 11 is 0. The maximum atomic E-state index is 12.4. The van der Waals surface area contributed by atoms with E-state index in [2.05, 4.69) is 0 Å². The highest BCUT2D eigenvalue weighted by molar-refractivity contribution is 7.91. The summed E-state index contributed by atoms with van der Waals surface area (Å²) in [4.78, 5) is 11.0. The number of sulfone groups is 1. The lowest BCUT2D eigenvalue weighted by molar-refractivity contribution is -0.137. The minimum Gasteiger partial charge on any atom is -0.481 e. The second-order valence-corrected chi connectivity index (χ2v) is 6.66. The molecular formula is C16H16O4S. The molecule has 0 atom stereocenters. The molecule has 0 spiro atoms. The second-order valence-electron chi connectivity index (χ2n) is 4.71. The van der Waals surface area contributed by atoms with E-state index >= 15 is 0 Å². The molecule has 2 aromatic carbocycles. The third-order valence-corrected chi connectivity index (χ3v) is 4.93. The SMILES string of the molecule is O=C(O)CCCc1ccc(S(=O)(=O)c2ccccc2)cc1. The lowest BCUT2D eigenvalue weighted by atomic mass is 10.1. The molecule has 0 saturated heterocycles. The van der Waals surface area contributed by atoms with Crippen molar-refractivity contribution in [3.05, 3.63) is 60.2 Å². The Hall–Kier alpha value is -2.14. The number of carboxylic acid groups (broad SMARTS) is 1. The van der Waals surface area contributed by atoms with Gasteiger partial charge in [0, 0.05) is 6.42 Å². The van der Waals surface area contributed by atoms with E-state index in [0.717, 1.165) is 5.56 Å². The third kappa shape index (κ3) is 3.92. The van der Waals surface area contributed by atoms with Crippen molar-refractivity contribution in [3.8, 4) is 0 Å². The van der Waals surface area contributed by atoms with Gasteiger partial charge in [0.15, 0.2) is 0 Å². The summed E-state index contributed by atoms with van der Waals surface area (Å²) in [6.45, 7) is 0. The zero-order valence-corrected chi connectivity index (χ0v) is 12.2. The van der Waals surface area contributed by atoms with Crippen LogP contribution in [0.25, 0.3) is 0 Å². The Bertz CT molecular complexity index is 704. The number of hydrogen-bond acceptors (Lipinski definition) is 3. The van der Waals surface area contributed by atoms with Gasteiger partial charge in [-0.25, -0.2) is 8.42 Å². The van der Waals surface area contributed by atoms with Crippen LogP contribution in [-0.2, 0) is 21.1 Å². The molecule has 2 aromatic rings. The van der Waals surface area contributed by atoms with Gasteiger partial charge < -0.3 is 5.11 Å². The summed E-state index contributed by atoms with van der Waals surface area (Å²) < 4.78 is 24.7. The Balaban J connectivity index is 2.14. The number of rotatable bonds is 6. The minimum absolute atomic E-state index is 0.115. The molecule has 0 aromatic heterocycles. The van der Waals surface area contributed by atoms with Gasteiger partial charge >= 0.3 is 5.97 Å². The van der Waals surface area contributed by atoms with E-state index < -0.39 is 15.8 Å². The van der Waals surface area contributed by atoms with Gasteiger partial charge in [0.05, 0.1) is 9.79 Å². The van der Waals surface area contributed by atoms with E-state index in [4.69, 9.17) is 5.11 Å². The number of benzene rings is 2. The van der Waals surface area contributed by atoms with Gasteiger partial charge in [-0.05, 0) is 42.7 Å². The maximum Gasteiger partial charge on any atom is 0.303 e. The second kappa shape index (κ2) is 6.54. The fraction of sp³-hybridized carbons (Fsp3) is 0.188.